The lowest BCUT2D eigenvalue weighted by Crippen LogP contribution is -2.38. The van der Waals surface area contributed by atoms with E-state index < -0.39 is 5.91 Å². The van der Waals surface area contributed by atoms with E-state index in [1.54, 1.807) is 6.07 Å². The zero-order chi connectivity index (χ0) is 14.3. The standard InChI is InChI=1S/C12H16ClN3O3.ClH/c1-19-5-4-15-11(17)7-16-12(18)9-3-2-8(14)6-10(9)13;/h2-3,6H,4-5,7,14H2,1H3,(H,15,17)(H,16,18);1H. The van der Waals surface area contributed by atoms with Gasteiger partial charge in [-0.15, -0.1) is 12.4 Å². The van der Waals surface area contributed by atoms with Crippen molar-refractivity contribution in [3.05, 3.63) is 28.8 Å². The molecule has 0 aromatic heterocycles. The molecule has 1 aromatic carbocycles. The number of rotatable bonds is 6. The van der Waals surface area contributed by atoms with Gasteiger partial charge in [-0.2, -0.15) is 0 Å². The van der Waals surface area contributed by atoms with Gasteiger partial charge in [0.15, 0.2) is 0 Å². The smallest absolute Gasteiger partial charge is 0.253 e. The molecule has 2 amide bonds. The minimum Gasteiger partial charge on any atom is -0.399 e. The van der Waals surface area contributed by atoms with E-state index in [0.717, 1.165) is 0 Å². The third-order valence-corrected chi connectivity index (χ3v) is 2.59. The highest BCUT2D eigenvalue weighted by molar-refractivity contribution is 6.34. The zero-order valence-electron chi connectivity index (χ0n) is 10.9. The van der Waals surface area contributed by atoms with Gasteiger partial charge in [-0.3, -0.25) is 9.59 Å². The van der Waals surface area contributed by atoms with Gasteiger partial charge in [-0.05, 0) is 18.2 Å². The van der Waals surface area contributed by atoms with Crippen LogP contribution in [0.2, 0.25) is 5.02 Å². The molecule has 1 aromatic rings. The molecule has 8 heteroatoms. The molecule has 0 saturated carbocycles. The quantitative estimate of drug-likeness (QED) is 0.534. The maximum absolute atomic E-state index is 11.8. The summed E-state index contributed by atoms with van der Waals surface area (Å²) in [6, 6.07) is 4.56. The molecule has 0 aliphatic heterocycles. The summed E-state index contributed by atoms with van der Waals surface area (Å²) in [6.45, 7) is 0.695. The van der Waals surface area contributed by atoms with Gasteiger partial charge in [-0.25, -0.2) is 0 Å². The number of carbonyl (C=O) groups excluding carboxylic acids is 2. The summed E-state index contributed by atoms with van der Waals surface area (Å²) in [7, 11) is 1.54. The predicted octanol–water partition coefficient (Wildman–Crippen LogP) is 0.836. The van der Waals surface area contributed by atoms with Crippen LogP contribution >= 0.6 is 24.0 Å². The zero-order valence-corrected chi connectivity index (χ0v) is 12.5. The second-order valence-corrected chi connectivity index (χ2v) is 4.17. The Hall–Kier alpha value is -1.50. The summed E-state index contributed by atoms with van der Waals surface area (Å²) in [5.41, 5.74) is 6.28. The number of hydrogen-bond donors (Lipinski definition) is 3. The molecule has 112 valence electrons. The number of hydrogen-bond acceptors (Lipinski definition) is 4. The number of methoxy groups -OCH3 is 1. The summed E-state index contributed by atoms with van der Waals surface area (Å²) >= 11 is 5.88. The van der Waals surface area contributed by atoms with E-state index in [4.69, 9.17) is 22.1 Å². The van der Waals surface area contributed by atoms with Gasteiger partial charge in [-0.1, -0.05) is 11.6 Å². The molecule has 0 spiro atoms. The summed E-state index contributed by atoms with van der Waals surface area (Å²) < 4.78 is 4.78. The second kappa shape index (κ2) is 9.41. The molecule has 0 bridgehead atoms. The fourth-order valence-electron chi connectivity index (χ4n) is 1.33. The van der Waals surface area contributed by atoms with Crippen molar-refractivity contribution < 1.29 is 14.3 Å². The number of anilines is 1. The summed E-state index contributed by atoms with van der Waals surface area (Å²) in [4.78, 5) is 23.1. The SMILES string of the molecule is COCCNC(=O)CNC(=O)c1ccc(N)cc1Cl.Cl. The molecule has 0 radical (unpaired) electrons. The molecule has 0 saturated heterocycles. The Morgan fingerprint density at radius 2 is 2.05 bits per heavy atom. The van der Waals surface area contributed by atoms with Gasteiger partial charge < -0.3 is 21.1 Å². The van der Waals surface area contributed by atoms with E-state index >= 15 is 0 Å². The lowest BCUT2D eigenvalue weighted by atomic mass is 10.2. The largest absolute Gasteiger partial charge is 0.399 e. The average Bonchev–Trinajstić information content (AvgIpc) is 2.36. The average molecular weight is 322 g/mol. The molecular weight excluding hydrogens is 305 g/mol. The van der Waals surface area contributed by atoms with Crippen LogP contribution in [0.1, 0.15) is 10.4 Å². The summed E-state index contributed by atoms with van der Waals surface area (Å²) in [6.07, 6.45) is 0. The molecule has 6 nitrogen and oxygen atoms in total. The maximum Gasteiger partial charge on any atom is 0.253 e. The molecule has 4 N–H and O–H groups in total. The first-order valence-corrected chi connectivity index (χ1v) is 6.01. The van der Waals surface area contributed by atoms with Gasteiger partial charge >= 0.3 is 0 Å². The number of amides is 2. The van der Waals surface area contributed by atoms with Crippen LogP contribution in [0, 0.1) is 0 Å². The number of ether oxygens (including phenoxy) is 1. The first-order valence-electron chi connectivity index (χ1n) is 5.63. The summed E-state index contributed by atoms with van der Waals surface area (Å²) in [5.74, 6) is -0.719. The van der Waals surface area contributed by atoms with Gasteiger partial charge in [0.2, 0.25) is 5.91 Å². The first kappa shape index (κ1) is 18.5. The van der Waals surface area contributed by atoms with E-state index in [1.807, 2.05) is 0 Å². The highest BCUT2D eigenvalue weighted by atomic mass is 35.5. The number of carbonyl (C=O) groups is 2. The Kier molecular flexibility index (Phi) is 8.71. The van der Waals surface area contributed by atoms with E-state index in [0.29, 0.717) is 18.8 Å². The van der Waals surface area contributed by atoms with Crippen molar-refractivity contribution in [3.63, 3.8) is 0 Å². The highest BCUT2D eigenvalue weighted by Crippen LogP contribution is 2.18. The monoisotopic (exact) mass is 321 g/mol. The molecular formula is C12H17Cl2N3O3. The van der Waals surface area contributed by atoms with E-state index in [2.05, 4.69) is 10.6 Å². The van der Waals surface area contributed by atoms with E-state index in [9.17, 15) is 9.59 Å². The van der Waals surface area contributed by atoms with Crippen LogP contribution < -0.4 is 16.4 Å². The molecule has 0 aliphatic rings. The van der Waals surface area contributed by atoms with Crippen LogP contribution in [-0.4, -0.2) is 38.6 Å². The lowest BCUT2D eigenvalue weighted by Gasteiger charge is -2.08. The number of nitrogen functional groups attached to an aromatic ring is 1. The number of benzene rings is 1. The fourth-order valence-corrected chi connectivity index (χ4v) is 1.60. The van der Waals surface area contributed by atoms with Crippen LogP contribution in [0.3, 0.4) is 0 Å². The second-order valence-electron chi connectivity index (χ2n) is 3.76. The molecule has 0 aliphatic carbocycles. The van der Waals surface area contributed by atoms with Crippen molar-refractivity contribution in [2.75, 3.05) is 32.5 Å². The van der Waals surface area contributed by atoms with Crippen molar-refractivity contribution >= 4 is 41.5 Å². The minimum atomic E-state index is -0.424. The van der Waals surface area contributed by atoms with Crippen molar-refractivity contribution in [2.24, 2.45) is 0 Å². The minimum absolute atomic E-state index is 0. The van der Waals surface area contributed by atoms with Crippen molar-refractivity contribution in [3.8, 4) is 0 Å². The number of halogens is 2. The van der Waals surface area contributed by atoms with Crippen molar-refractivity contribution in [2.45, 2.75) is 0 Å². The third kappa shape index (κ3) is 6.10. The van der Waals surface area contributed by atoms with Crippen molar-refractivity contribution in [1.82, 2.24) is 10.6 Å². The molecule has 0 fully saturated rings. The van der Waals surface area contributed by atoms with Gasteiger partial charge in [0, 0.05) is 19.3 Å². The third-order valence-electron chi connectivity index (χ3n) is 2.28. The Morgan fingerprint density at radius 1 is 1.35 bits per heavy atom. The fraction of sp³-hybridized carbons (Fsp3) is 0.333. The maximum atomic E-state index is 11.8. The molecule has 20 heavy (non-hydrogen) atoms. The topological polar surface area (TPSA) is 93.5 Å². The van der Waals surface area contributed by atoms with Crippen LogP contribution in [-0.2, 0) is 9.53 Å². The molecule has 0 atom stereocenters. The van der Waals surface area contributed by atoms with Crippen LogP contribution in [0.5, 0.6) is 0 Å². The van der Waals surface area contributed by atoms with Gasteiger partial charge in [0.1, 0.15) is 0 Å². The first-order chi connectivity index (χ1) is 9.04. The summed E-state index contributed by atoms with van der Waals surface area (Å²) in [5, 5.41) is 5.30. The van der Waals surface area contributed by atoms with E-state index in [1.165, 1.54) is 19.2 Å². The molecule has 0 unspecified atom stereocenters. The van der Waals surface area contributed by atoms with Crippen LogP contribution in [0.25, 0.3) is 0 Å². The Labute approximate surface area is 128 Å². The number of nitrogens with two attached hydrogens (primary N) is 1. The highest BCUT2D eigenvalue weighted by Gasteiger charge is 2.11. The Balaban J connectivity index is 0.00000361. The van der Waals surface area contributed by atoms with Gasteiger partial charge in [0.25, 0.3) is 5.91 Å². The van der Waals surface area contributed by atoms with E-state index in [-0.39, 0.29) is 35.4 Å². The van der Waals surface area contributed by atoms with Crippen LogP contribution in [0.4, 0.5) is 5.69 Å². The van der Waals surface area contributed by atoms with Gasteiger partial charge in [0.05, 0.1) is 23.7 Å². The normalized spacial score (nSPS) is 9.50. The lowest BCUT2D eigenvalue weighted by molar-refractivity contribution is -0.120. The molecule has 1 rings (SSSR count). The Morgan fingerprint density at radius 3 is 2.65 bits per heavy atom. The Bertz CT molecular complexity index is 469. The number of nitrogens with one attached hydrogen (secondary N) is 2. The van der Waals surface area contributed by atoms with Crippen LogP contribution in [0.15, 0.2) is 18.2 Å². The predicted molar refractivity (Wildman–Crippen MR) is 80.3 cm³/mol. The van der Waals surface area contributed by atoms with Crippen molar-refractivity contribution in [1.29, 1.82) is 0 Å². The molecule has 0 heterocycles.